The lowest BCUT2D eigenvalue weighted by atomic mass is 9.99. The van der Waals surface area contributed by atoms with Crippen LogP contribution in [0.4, 0.5) is 0 Å². The fraction of sp³-hybridized carbons (Fsp3) is 0.500. The first-order chi connectivity index (χ1) is 6.42. The van der Waals surface area contributed by atoms with Crippen LogP contribution in [0.25, 0.3) is 6.08 Å². The van der Waals surface area contributed by atoms with Gasteiger partial charge in [-0.15, -0.1) is 0 Å². The third kappa shape index (κ3) is 1.20. The molecule has 0 N–H and O–H groups in total. The zero-order valence-electron chi connectivity index (χ0n) is 7.44. The summed E-state index contributed by atoms with van der Waals surface area (Å²) in [7, 11) is 0. The molecule has 2 fully saturated rings. The predicted octanol–water partition coefficient (Wildman–Crippen LogP) is 1.39. The Morgan fingerprint density at radius 3 is 3.23 bits per heavy atom. The number of rotatable bonds is 1. The lowest BCUT2D eigenvalue weighted by molar-refractivity contribution is 0.392. The highest BCUT2D eigenvalue weighted by molar-refractivity contribution is 5.47. The zero-order valence-corrected chi connectivity index (χ0v) is 7.44. The molecule has 1 aromatic heterocycles. The van der Waals surface area contributed by atoms with E-state index in [0.29, 0.717) is 0 Å². The summed E-state index contributed by atoms with van der Waals surface area (Å²) in [6.45, 7) is 3.63. The number of fused-ring (bicyclic) bond motifs is 2. The number of aromatic nitrogens is 1. The molecule has 0 radical (unpaired) electrons. The van der Waals surface area contributed by atoms with Crippen molar-refractivity contribution >= 4 is 6.08 Å². The molecule has 0 saturated carbocycles. The molecule has 0 spiro atoms. The lowest BCUT2D eigenvalue weighted by Crippen LogP contribution is -2.17. The van der Waals surface area contributed by atoms with E-state index in [2.05, 4.69) is 16.0 Å². The molecular weight excluding hydrogens is 164 g/mol. The second kappa shape index (κ2) is 2.70. The van der Waals surface area contributed by atoms with Gasteiger partial charge in [-0.3, -0.25) is 4.90 Å². The summed E-state index contributed by atoms with van der Waals surface area (Å²) in [5, 5.41) is 0. The highest BCUT2D eigenvalue weighted by Gasteiger charge is 2.33. The van der Waals surface area contributed by atoms with Crippen molar-refractivity contribution in [1.29, 1.82) is 0 Å². The first kappa shape index (κ1) is 7.33. The SMILES string of the molecule is C(=C1CN2CCC1C2)c1ncco1. The van der Waals surface area contributed by atoms with Gasteiger partial charge in [0, 0.05) is 19.2 Å². The maximum atomic E-state index is 5.20. The molecule has 2 unspecified atom stereocenters. The Bertz CT molecular complexity index is 329. The molecule has 2 bridgehead atoms. The molecule has 3 heterocycles. The Hall–Kier alpha value is -1.09. The van der Waals surface area contributed by atoms with Gasteiger partial charge in [0.2, 0.25) is 5.89 Å². The van der Waals surface area contributed by atoms with E-state index in [-0.39, 0.29) is 0 Å². The van der Waals surface area contributed by atoms with Crippen molar-refractivity contribution in [2.24, 2.45) is 5.92 Å². The van der Waals surface area contributed by atoms with Gasteiger partial charge in [0.05, 0.1) is 6.20 Å². The largest absolute Gasteiger partial charge is 0.445 e. The lowest BCUT2D eigenvalue weighted by Gasteiger charge is -2.13. The van der Waals surface area contributed by atoms with Crippen LogP contribution in [0.2, 0.25) is 0 Å². The molecule has 0 aliphatic carbocycles. The highest BCUT2D eigenvalue weighted by Crippen LogP contribution is 2.33. The fourth-order valence-corrected chi connectivity index (χ4v) is 2.29. The van der Waals surface area contributed by atoms with Gasteiger partial charge >= 0.3 is 0 Å². The van der Waals surface area contributed by atoms with Crippen LogP contribution in [0, 0.1) is 5.92 Å². The molecule has 3 heteroatoms. The molecule has 3 nitrogen and oxygen atoms in total. The Labute approximate surface area is 77.1 Å². The second-order valence-electron chi connectivity index (χ2n) is 3.81. The van der Waals surface area contributed by atoms with E-state index in [0.717, 1.165) is 18.4 Å². The minimum atomic E-state index is 0.753. The molecule has 2 aliphatic rings. The van der Waals surface area contributed by atoms with Crippen LogP contribution in [0.1, 0.15) is 12.3 Å². The van der Waals surface area contributed by atoms with Gasteiger partial charge in [0.1, 0.15) is 6.26 Å². The number of piperidine rings is 1. The first-order valence-corrected chi connectivity index (χ1v) is 4.74. The molecule has 3 rings (SSSR count). The van der Waals surface area contributed by atoms with Gasteiger partial charge in [0.15, 0.2) is 0 Å². The Morgan fingerprint density at radius 1 is 1.62 bits per heavy atom. The molecule has 0 amide bonds. The number of hydrogen-bond donors (Lipinski definition) is 0. The number of nitrogens with zero attached hydrogens (tertiary/aromatic N) is 2. The van der Waals surface area contributed by atoms with Gasteiger partial charge in [-0.2, -0.15) is 0 Å². The third-order valence-corrected chi connectivity index (χ3v) is 2.96. The van der Waals surface area contributed by atoms with Crippen LogP contribution in [0.15, 0.2) is 22.5 Å². The van der Waals surface area contributed by atoms with Crippen LogP contribution < -0.4 is 0 Å². The monoisotopic (exact) mass is 176 g/mol. The van der Waals surface area contributed by atoms with E-state index in [9.17, 15) is 0 Å². The number of hydrogen-bond acceptors (Lipinski definition) is 3. The van der Waals surface area contributed by atoms with Crippen LogP contribution in [-0.2, 0) is 0 Å². The summed E-state index contributed by atoms with van der Waals surface area (Å²) in [6.07, 6.45) is 6.73. The normalized spacial score (nSPS) is 34.6. The second-order valence-corrected chi connectivity index (χ2v) is 3.81. The summed E-state index contributed by atoms with van der Waals surface area (Å²) < 4.78 is 5.20. The van der Waals surface area contributed by atoms with Gasteiger partial charge in [-0.25, -0.2) is 4.98 Å². The van der Waals surface area contributed by atoms with Crippen LogP contribution in [0.5, 0.6) is 0 Å². The van der Waals surface area contributed by atoms with Crippen LogP contribution >= 0.6 is 0 Å². The van der Waals surface area contributed by atoms with E-state index >= 15 is 0 Å². The predicted molar refractivity (Wildman–Crippen MR) is 49.0 cm³/mol. The highest BCUT2D eigenvalue weighted by atomic mass is 16.3. The molecular formula is C10H12N2O. The van der Waals surface area contributed by atoms with Gasteiger partial charge in [-0.05, 0) is 24.5 Å². The van der Waals surface area contributed by atoms with Gasteiger partial charge in [-0.1, -0.05) is 0 Å². The minimum Gasteiger partial charge on any atom is -0.445 e. The van der Waals surface area contributed by atoms with E-state index in [1.165, 1.54) is 25.1 Å². The summed E-state index contributed by atoms with van der Waals surface area (Å²) in [5.41, 5.74) is 1.49. The van der Waals surface area contributed by atoms with Crippen molar-refractivity contribution < 1.29 is 4.42 Å². The van der Waals surface area contributed by atoms with Crippen LogP contribution in [-0.4, -0.2) is 29.5 Å². The molecule has 1 aromatic rings. The molecule has 2 aliphatic heterocycles. The smallest absolute Gasteiger partial charge is 0.218 e. The van der Waals surface area contributed by atoms with E-state index in [1.807, 2.05) is 0 Å². The van der Waals surface area contributed by atoms with Crippen molar-refractivity contribution in [1.82, 2.24) is 9.88 Å². The van der Waals surface area contributed by atoms with Crippen LogP contribution in [0.3, 0.4) is 0 Å². The Balaban J connectivity index is 1.86. The molecule has 0 aromatic carbocycles. The zero-order chi connectivity index (χ0) is 8.67. The first-order valence-electron chi connectivity index (χ1n) is 4.74. The molecule has 2 atom stereocenters. The standard InChI is InChI=1S/C10H12N2O/c1-3-12-6-8(1)9(7-12)5-10-11-2-4-13-10/h2,4-5,8H,1,3,6-7H2. The quantitative estimate of drug-likeness (QED) is 0.647. The maximum Gasteiger partial charge on any atom is 0.218 e. The Kier molecular flexibility index (Phi) is 1.52. The van der Waals surface area contributed by atoms with Crippen molar-refractivity contribution in [2.75, 3.05) is 19.6 Å². The topological polar surface area (TPSA) is 29.3 Å². The van der Waals surface area contributed by atoms with Crippen molar-refractivity contribution in [3.8, 4) is 0 Å². The van der Waals surface area contributed by atoms with Crippen molar-refractivity contribution in [2.45, 2.75) is 6.42 Å². The third-order valence-electron chi connectivity index (χ3n) is 2.96. The van der Waals surface area contributed by atoms with E-state index < -0.39 is 0 Å². The van der Waals surface area contributed by atoms with E-state index in [4.69, 9.17) is 4.42 Å². The average Bonchev–Trinajstić information content (AvgIpc) is 2.77. The van der Waals surface area contributed by atoms with Crippen molar-refractivity contribution in [3.05, 3.63) is 23.9 Å². The molecule has 68 valence electrons. The minimum absolute atomic E-state index is 0.753. The Morgan fingerprint density at radius 2 is 2.62 bits per heavy atom. The van der Waals surface area contributed by atoms with Gasteiger partial charge < -0.3 is 4.42 Å². The summed E-state index contributed by atoms with van der Waals surface area (Å²) in [4.78, 5) is 6.59. The maximum absolute atomic E-state index is 5.20. The molecule has 2 saturated heterocycles. The van der Waals surface area contributed by atoms with Crippen molar-refractivity contribution in [3.63, 3.8) is 0 Å². The summed E-state index contributed by atoms with van der Waals surface area (Å²) in [5.74, 6) is 1.52. The number of oxazole rings is 1. The fourth-order valence-electron chi connectivity index (χ4n) is 2.29. The molecule has 13 heavy (non-hydrogen) atoms. The summed E-state index contributed by atoms with van der Waals surface area (Å²) in [6, 6.07) is 0. The van der Waals surface area contributed by atoms with E-state index in [1.54, 1.807) is 12.5 Å². The average molecular weight is 176 g/mol. The summed E-state index contributed by atoms with van der Waals surface area (Å²) >= 11 is 0. The van der Waals surface area contributed by atoms with Gasteiger partial charge in [0.25, 0.3) is 0 Å².